The first-order valence-corrected chi connectivity index (χ1v) is 11.1. The lowest BCUT2D eigenvalue weighted by Gasteiger charge is -2.29. The number of carbonyl (C=O) groups is 1. The maximum atomic E-state index is 12.7. The van der Waals surface area contributed by atoms with E-state index in [1.54, 1.807) is 21.3 Å². The quantitative estimate of drug-likeness (QED) is 0.774. The second-order valence-corrected chi connectivity index (χ2v) is 9.05. The van der Waals surface area contributed by atoms with Gasteiger partial charge in [-0.3, -0.25) is 4.79 Å². The largest absolute Gasteiger partial charge is 0.490 e. The van der Waals surface area contributed by atoms with Gasteiger partial charge in [-0.25, -0.2) is 8.42 Å². The lowest BCUT2D eigenvalue weighted by molar-refractivity contribution is -0.118. The van der Waals surface area contributed by atoms with Crippen LogP contribution in [0.1, 0.15) is 24.8 Å². The smallest absolute Gasteiger partial charge is 0.243 e. The number of aryl methyl sites for hydroxylation is 1. The van der Waals surface area contributed by atoms with Crippen molar-refractivity contribution >= 4 is 21.6 Å². The zero-order valence-corrected chi connectivity index (χ0v) is 16.5. The van der Waals surface area contributed by atoms with E-state index < -0.39 is 10.0 Å². The molecule has 0 aliphatic carbocycles. The van der Waals surface area contributed by atoms with Crippen LogP contribution in [0.5, 0.6) is 5.75 Å². The monoisotopic (exact) mass is 400 g/mol. The fraction of sp³-hybridized carbons (Fsp3) is 0.381. The van der Waals surface area contributed by atoms with Crippen molar-refractivity contribution in [2.45, 2.75) is 30.6 Å². The Labute approximate surface area is 165 Å². The molecule has 2 aromatic rings. The van der Waals surface area contributed by atoms with E-state index in [1.165, 1.54) is 0 Å². The van der Waals surface area contributed by atoms with E-state index in [4.69, 9.17) is 4.74 Å². The second-order valence-electron chi connectivity index (χ2n) is 7.12. The van der Waals surface area contributed by atoms with Gasteiger partial charge in [0.1, 0.15) is 12.4 Å². The molecule has 0 saturated carbocycles. The minimum Gasteiger partial charge on any atom is -0.490 e. The fourth-order valence-corrected chi connectivity index (χ4v) is 5.24. The van der Waals surface area contributed by atoms with Crippen LogP contribution in [0.4, 0.5) is 5.69 Å². The molecule has 0 atom stereocenters. The number of ether oxygens (including phenoxy) is 1. The Kier molecular flexibility index (Phi) is 5.37. The first-order chi connectivity index (χ1) is 13.6. The van der Waals surface area contributed by atoms with Crippen molar-refractivity contribution in [1.82, 2.24) is 4.31 Å². The van der Waals surface area contributed by atoms with Crippen LogP contribution < -0.4 is 9.64 Å². The second kappa shape index (κ2) is 7.93. The summed E-state index contributed by atoms with van der Waals surface area (Å²) in [6.07, 6.45) is 2.78. The molecule has 28 heavy (non-hydrogen) atoms. The summed E-state index contributed by atoms with van der Waals surface area (Å²) in [7, 11) is -3.39. The van der Waals surface area contributed by atoms with Crippen molar-refractivity contribution in [3.05, 3.63) is 54.1 Å². The molecular formula is C21H24N2O4S. The van der Waals surface area contributed by atoms with E-state index >= 15 is 0 Å². The van der Waals surface area contributed by atoms with Gasteiger partial charge < -0.3 is 9.64 Å². The highest BCUT2D eigenvalue weighted by Gasteiger charge is 2.27. The predicted octanol–water partition coefficient (Wildman–Crippen LogP) is 2.83. The highest BCUT2D eigenvalue weighted by molar-refractivity contribution is 7.89. The topological polar surface area (TPSA) is 66.9 Å². The molecule has 1 fully saturated rings. The van der Waals surface area contributed by atoms with E-state index in [-0.39, 0.29) is 5.91 Å². The zero-order chi connectivity index (χ0) is 19.6. The van der Waals surface area contributed by atoms with Crippen molar-refractivity contribution in [1.29, 1.82) is 0 Å². The molecule has 148 valence electrons. The van der Waals surface area contributed by atoms with Gasteiger partial charge >= 0.3 is 0 Å². The Bertz CT molecular complexity index is 951. The number of benzene rings is 2. The molecule has 0 radical (unpaired) electrons. The maximum absolute atomic E-state index is 12.7. The van der Waals surface area contributed by atoms with E-state index in [9.17, 15) is 13.2 Å². The molecule has 0 unspecified atom stereocenters. The van der Waals surface area contributed by atoms with Crippen molar-refractivity contribution in [3.8, 4) is 5.75 Å². The van der Waals surface area contributed by atoms with Gasteiger partial charge in [-0.1, -0.05) is 24.3 Å². The van der Waals surface area contributed by atoms with E-state index in [2.05, 4.69) is 0 Å². The third-order valence-corrected chi connectivity index (χ3v) is 7.20. The van der Waals surface area contributed by atoms with Crippen molar-refractivity contribution < 1.29 is 17.9 Å². The van der Waals surface area contributed by atoms with Gasteiger partial charge in [-0.15, -0.1) is 0 Å². The van der Waals surface area contributed by atoms with Crippen molar-refractivity contribution in [3.63, 3.8) is 0 Å². The number of rotatable bonds is 5. The standard InChI is InChI=1S/C21H24N2O4S/c24-21(23-15-16-27-20-6-2-1-5-19(20)23)12-9-17-7-10-18(11-8-17)28(25,26)22-13-3-4-14-22/h1-2,5-8,10-11H,3-4,9,12-16H2. The van der Waals surface area contributed by atoms with Crippen LogP contribution in [0, 0.1) is 0 Å². The Hall–Kier alpha value is -2.38. The van der Waals surface area contributed by atoms with Crippen LogP contribution in [0.15, 0.2) is 53.4 Å². The molecule has 2 aromatic carbocycles. The normalized spacial score (nSPS) is 17.2. The van der Waals surface area contributed by atoms with Gasteiger partial charge in [0.15, 0.2) is 0 Å². The number of carbonyl (C=O) groups excluding carboxylic acids is 1. The first-order valence-electron chi connectivity index (χ1n) is 9.67. The zero-order valence-electron chi connectivity index (χ0n) is 15.7. The molecule has 2 aliphatic heterocycles. The molecule has 2 heterocycles. The summed E-state index contributed by atoms with van der Waals surface area (Å²) in [5, 5.41) is 0. The molecule has 6 nitrogen and oxygen atoms in total. The van der Waals surface area contributed by atoms with Gasteiger partial charge in [0, 0.05) is 19.5 Å². The fourth-order valence-electron chi connectivity index (χ4n) is 3.72. The molecule has 0 spiro atoms. The minimum atomic E-state index is -3.39. The summed E-state index contributed by atoms with van der Waals surface area (Å²) >= 11 is 0. The molecule has 0 bridgehead atoms. The number of hydrogen-bond donors (Lipinski definition) is 0. The first kappa shape index (κ1) is 19.0. The summed E-state index contributed by atoms with van der Waals surface area (Å²) in [6.45, 7) is 2.23. The number of nitrogens with zero attached hydrogens (tertiary/aromatic N) is 2. The summed E-state index contributed by atoms with van der Waals surface area (Å²) in [5.74, 6) is 0.781. The number of para-hydroxylation sites is 2. The lowest BCUT2D eigenvalue weighted by Crippen LogP contribution is -2.38. The average Bonchev–Trinajstić information content (AvgIpc) is 3.28. The highest BCUT2D eigenvalue weighted by Crippen LogP contribution is 2.31. The van der Waals surface area contributed by atoms with E-state index in [1.807, 2.05) is 36.4 Å². The van der Waals surface area contributed by atoms with Gasteiger partial charge in [0.05, 0.1) is 17.1 Å². The molecular weight excluding hydrogens is 376 g/mol. The van der Waals surface area contributed by atoms with Crippen molar-refractivity contribution in [2.75, 3.05) is 31.1 Å². The number of sulfonamides is 1. The Balaban J connectivity index is 1.40. The Morgan fingerprint density at radius 1 is 0.964 bits per heavy atom. The molecule has 0 aromatic heterocycles. The highest BCUT2D eigenvalue weighted by atomic mass is 32.2. The van der Waals surface area contributed by atoms with Crippen molar-refractivity contribution in [2.24, 2.45) is 0 Å². The molecule has 2 aliphatic rings. The summed E-state index contributed by atoms with van der Waals surface area (Å²) in [4.78, 5) is 14.8. The van der Waals surface area contributed by atoms with Gasteiger partial charge in [0.2, 0.25) is 15.9 Å². The Morgan fingerprint density at radius 3 is 2.43 bits per heavy atom. The number of amides is 1. The summed E-state index contributed by atoms with van der Waals surface area (Å²) < 4.78 is 32.3. The SMILES string of the molecule is O=C(CCc1ccc(S(=O)(=O)N2CCCC2)cc1)N1CCOc2ccccc21. The average molecular weight is 401 g/mol. The number of hydrogen-bond acceptors (Lipinski definition) is 4. The third-order valence-electron chi connectivity index (χ3n) is 5.28. The number of fused-ring (bicyclic) bond motifs is 1. The molecule has 7 heteroatoms. The molecule has 1 saturated heterocycles. The van der Waals surface area contributed by atoms with Crippen LogP contribution in [0.3, 0.4) is 0 Å². The Morgan fingerprint density at radius 2 is 1.68 bits per heavy atom. The van der Waals surface area contributed by atoms with Crippen LogP contribution in [0.25, 0.3) is 0 Å². The predicted molar refractivity (Wildman–Crippen MR) is 107 cm³/mol. The molecule has 0 N–H and O–H groups in total. The summed E-state index contributed by atoms with van der Waals surface area (Å²) in [6, 6.07) is 14.5. The molecule has 1 amide bonds. The van der Waals surface area contributed by atoms with Gasteiger partial charge in [-0.05, 0) is 49.1 Å². The van der Waals surface area contributed by atoms with Crippen LogP contribution in [-0.4, -0.2) is 44.9 Å². The maximum Gasteiger partial charge on any atom is 0.243 e. The van der Waals surface area contributed by atoms with E-state index in [0.29, 0.717) is 44.0 Å². The lowest BCUT2D eigenvalue weighted by atomic mass is 10.1. The third kappa shape index (κ3) is 3.77. The van der Waals surface area contributed by atoms with Gasteiger partial charge in [0.25, 0.3) is 0 Å². The number of anilines is 1. The van der Waals surface area contributed by atoms with Crippen LogP contribution in [-0.2, 0) is 21.2 Å². The summed E-state index contributed by atoms with van der Waals surface area (Å²) in [5.41, 5.74) is 1.76. The van der Waals surface area contributed by atoms with Crippen LogP contribution in [0.2, 0.25) is 0 Å². The van der Waals surface area contributed by atoms with E-state index in [0.717, 1.165) is 29.8 Å². The molecule has 4 rings (SSSR count). The van der Waals surface area contributed by atoms with Gasteiger partial charge in [-0.2, -0.15) is 4.31 Å². The van der Waals surface area contributed by atoms with Crippen LogP contribution >= 0.6 is 0 Å². The minimum absolute atomic E-state index is 0.0458.